The fourth-order valence-electron chi connectivity index (χ4n) is 3.20. The largest absolute Gasteiger partial charge is 0.376 e. The molecule has 2 aromatic rings. The molecule has 140 valence electrons. The number of aliphatic imine (C=N–C) groups is 1. The smallest absolute Gasteiger partial charge is 0.193 e. The fourth-order valence-corrected chi connectivity index (χ4v) is 3.20. The van der Waals surface area contributed by atoms with Crippen LogP contribution in [0.5, 0.6) is 0 Å². The average Bonchev–Trinajstić information content (AvgIpc) is 3.34. The first-order valence-corrected chi connectivity index (χ1v) is 9.47. The van der Waals surface area contributed by atoms with Crippen molar-refractivity contribution in [2.45, 2.75) is 26.5 Å². The van der Waals surface area contributed by atoms with E-state index in [1.165, 1.54) is 5.56 Å². The van der Waals surface area contributed by atoms with E-state index in [9.17, 15) is 0 Å². The molecule has 6 heteroatoms. The second kappa shape index (κ2) is 9.97. The molecule has 1 aliphatic heterocycles. The second-order valence-corrected chi connectivity index (χ2v) is 6.61. The van der Waals surface area contributed by atoms with E-state index in [4.69, 9.17) is 9.73 Å². The molecular formula is C20H29N5O. The molecule has 0 aliphatic carbocycles. The Balaban J connectivity index is 1.43. The van der Waals surface area contributed by atoms with Gasteiger partial charge in [-0.15, -0.1) is 0 Å². The van der Waals surface area contributed by atoms with Crippen molar-refractivity contribution in [3.63, 3.8) is 0 Å². The molecule has 0 saturated carbocycles. The van der Waals surface area contributed by atoms with Crippen molar-refractivity contribution in [3.8, 4) is 0 Å². The van der Waals surface area contributed by atoms with Gasteiger partial charge in [0, 0.05) is 37.9 Å². The zero-order valence-electron chi connectivity index (χ0n) is 15.6. The van der Waals surface area contributed by atoms with Gasteiger partial charge < -0.3 is 15.0 Å². The number of rotatable bonds is 8. The number of guanidine groups is 1. The lowest BCUT2D eigenvalue weighted by molar-refractivity contribution is 0.0906. The molecule has 6 nitrogen and oxygen atoms in total. The summed E-state index contributed by atoms with van der Waals surface area (Å²) in [6.07, 6.45) is 4.92. The third kappa shape index (κ3) is 5.59. The van der Waals surface area contributed by atoms with Crippen LogP contribution in [0.15, 0.2) is 53.8 Å². The monoisotopic (exact) mass is 355 g/mol. The molecule has 0 bridgehead atoms. The minimum Gasteiger partial charge on any atom is -0.376 e. The van der Waals surface area contributed by atoms with Crippen LogP contribution < -0.4 is 5.32 Å². The van der Waals surface area contributed by atoms with Crippen molar-refractivity contribution < 1.29 is 4.74 Å². The summed E-state index contributed by atoms with van der Waals surface area (Å²) in [7, 11) is 0. The Hall–Kier alpha value is -2.34. The summed E-state index contributed by atoms with van der Waals surface area (Å²) in [5.41, 5.74) is 1.23. The summed E-state index contributed by atoms with van der Waals surface area (Å²) >= 11 is 0. The Morgan fingerprint density at radius 2 is 2.19 bits per heavy atom. The van der Waals surface area contributed by atoms with Crippen molar-refractivity contribution in [1.82, 2.24) is 20.0 Å². The van der Waals surface area contributed by atoms with Crippen molar-refractivity contribution in [1.29, 1.82) is 0 Å². The number of benzene rings is 1. The Morgan fingerprint density at radius 1 is 1.31 bits per heavy atom. The normalized spacial score (nSPS) is 17.7. The van der Waals surface area contributed by atoms with E-state index in [1.54, 1.807) is 6.20 Å². The summed E-state index contributed by atoms with van der Waals surface area (Å²) in [6, 6.07) is 12.3. The summed E-state index contributed by atoms with van der Waals surface area (Å²) in [5, 5.41) is 7.64. The van der Waals surface area contributed by atoms with E-state index in [1.807, 2.05) is 23.0 Å². The maximum Gasteiger partial charge on any atom is 0.193 e. The highest BCUT2D eigenvalue weighted by atomic mass is 16.5. The third-order valence-electron chi connectivity index (χ3n) is 4.54. The first-order valence-electron chi connectivity index (χ1n) is 9.47. The van der Waals surface area contributed by atoms with Crippen molar-refractivity contribution in [3.05, 3.63) is 54.4 Å². The van der Waals surface area contributed by atoms with Crippen LogP contribution in [0.25, 0.3) is 0 Å². The van der Waals surface area contributed by atoms with Crippen LogP contribution in [0.2, 0.25) is 0 Å². The molecule has 0 radical (unpaired) electrons. The SMILES string of the molecule is CCNC(=NCCn1cccn1)N1CCC(COCc2ccccc2)C1. The lowest BCUT2D eigenvalue weighted by Crippen LogP contribution is -2.40. The Kier molecular flexibility index (Phi) is 7.07. The van der Waals surface area contributed by atoms with Crippen LogP contribution in [0, 0.1) is 5.92 Å². The summed E-state index contributed by atoms with van der Waals surface area (Å²) in [4.78, 5) is 7.11. The van der Waals surface area contributed by atoms with Crippen molar-refractivity contribution in [2.24, 2.45) is 10.9 Å². The zero-order valence-corrected chi connectivity index (χ0v) is 15.6. The maximum atomic E-state index is 5.92. The van der Waals surface area contributed by atoms with Gasteiger partial charge >= 0.3 is 0 Å². The van der Waals surface area contributed by atoms with E-state index in [0.29, 0.717) is 12.5 Å². The van der Waals surface area contributed by atoms with Crippen LogP contribution >= 0.6 is 0 Å². The van der Waals surface area contributed by atoms with Crippen LogP contribution in [-0.2, 0) is 17.9 Å². The molecule has 1 aromatic heterocycles. The second-order valence-electron chi connectivity index (χ2n) is 6.61. The Morgan fingerprint density at radius 3 is 2.96 bits per heavy atom. The molecule has 3 rings (SSSR count). The highest BCUT2D eigenvalue weighted by Crippen LogP contribution is 2.17. The number of nitrogens with zero attached hydrogens (tertiary/aromatic N) is 4. The van der Waals surface area contributed by atoms with E-state index < -0.39 is 0 Å². The summed E-state index contributed by atoms with van der Waals surface area (Å²) in [6.45, 7) is 8.06. The number of hydrogen-bond acceptors (Lipinski definition) is 3. The molecule has 1 aliphatic rings. The van der Waals surface area contributed by atoms with Gasteiger partial charge in [-0.25, -0.2) is 0 Å². The number of hydrogen-bond donors (Lipinski definition) is 1. The molecule has 1 saturated heterocycles. The average molecular weight is 355 g/mol. The van der Waals surface area contributed by atoms with Gasteiger partial charge in [0.15, 0.2) is 5.96 Å². The number of nitrogens with one attached hydrogen (secondary N) is 1. The highest BCUT2D eigenvalue weighted by Gasteiger charge is 2.24. The first kappa shape index (κ1) is 18.5. The number of aromatic nitrogens is 2. The predicted octanol–water partition coefficient (Wildman–Crippen LogP) is 2.39. The molecule has 26 heavy (non-hydrogen) atoms. The maximum absolute atomic E-state index is 5.92. The topological polar surface area (TPSA) is 54.7 Å². The van der Waals surface area contributed by atoms with Gasteiger partial charge in [-0.3, -0.25) is 9.67 Å². The van der Waals surface area contributed by atoms with Crippen LogP contribution in [0.4, 0.5) is 0 Å². The van der Waals surface area contributed by atoms with Gasteiger partial charge in [0.25, 0.3) is 0 Å². The van der Waals surface area contributed by atoms with Gasteiger partial charge in [-0.1, -0.05) is 30.3 Å². The van der Waals surface area contributed by atoms with Crippen LogP contribution in [0.1, 0.15) is 18.9 Å². The minimum atomic E-state index is 0.564. The van der Waals surface area contributed by atoms with Crippen LogP contribution in [-0.4, -0.2) is 53.4 Å². The molecule has 2 heterocycles. The third-order valence-corrected chi connectivity index (χ3v) is 4.54. The number of ether oxygens (including phenoxy) is 1. The Bertz CT molecular complexity index is 656. The van der Waals surface area contributed by atoms with Gasteiger partial charge in [-0.2, -0.15) is 5.10 Å². The Labute approximate surface area is 155 Å². The van der Waals surface area contributed by atoms with Gasteiger partial charge in [-0.05, 0) is 25.0 Å². The summed E-state index contributed by atoms with van der Waals surface area (Å²) < 4.78 is 7.84. The molecular weight excluding hydrogens is 326 g/mol. The van der Waals surface area contributed by atoms with E-state index in [-0.39, 0.29) is 0 Å². The standard InChI is InChI=1S/C20H29N5O/c1-2-21-20(22-11-14-25-12-6-10-23-25)24-13-9-19(15-24)17-26-16-18-7-4-3-5-8-18/h3-8,10,12,19H,2,9,11,13-17H2,1H3,(H,21,22). The zero-order chi connectivity index (χ0) is 18.0. The van der Waals surface area contributed by atoms with E-state index in [0.717, 1.165) is 51.7 Å². The minimum absolute atomic E-state index is 0.564. The molecule has 0 spiro atoms. The molecule has 1 atom stereocenters. The lowest BCUT2D eigenvalue weighted by atomic mass is 10.1. The molecule has 0 amide bonds. The van der Waals surface area contributed by atoms with Gasteiger partial charge in [0.05, 0.1) is 26.3 Å². The van der Waals surface area contributed by atoms with Gasteiger partial charge in [0.1, 0.15) is 0 Å². The van der Waals surface area contributed by atoms with E-state index >= 15 is 0 Å². The highest BCUT2D eigenvalue weighted by molar-refractivity contribution is 5.80. The number of likely N-dealkylation sites (tertiary alicyclic amines) is 1. The van der Waals surface area contributed by atoms with E-state index in [2.05, 4.69) is 46.5 Å². The molecule has 1 N–H and O–H groups in total. The summed E-state index contributed by atoms with van der Waals surface area (Å²) in [5.74, 6) is 1.57. The van der Waals surface area contributed by atoms with Crippen LogP contribution in [0.3, 0.4) is 0 Å². The molecule has 1 fully saturated rings. The predicted molar refractivity (Wildman–Crippen MR) is 104 cm³/mol. The molecule has 1 unspecified atom stereocenters. The van der Waals surface area contributed by atoms with Crippen molar-refractivity contribution in [2.75, 3.05) is 32.8 Å². The lowest BCUT2D eigenvalue weighted by Gasteiger charge is -2.21. The van der Waals surface area contributed by atoms with Gasteiger partial charge in [0.2, 0.25) is 0 Å². The first-order chi connectivity index (χ1) is 12.8. The fraction of sp³-hybridized carbons (Fsp3) is 0.500. The van der Waals surface area contributed by atoms with Crippen molar-refractivity contribution >= 4 is 5.96 Å². The quantitative estimate of drug-likeness (QED) is 0.583. The molecule has 1 aromatic carbocycles.